The first-order valence-corrected chi connectivity index (χ1v) is 9.77. The van der Waals surface area contributed by atoms with E-state index in [1.165, 1.54) is 42.5 Å². The van der Waals surface area contributed by atoms with E-state index in [4.69, 9.17) is 5.73 Å². The standard InChI is InChI=1S/C18H20FN3O3S.ClH/c19-16-6-1-2-7-17(16)21-26(24,25)15-5-3-4-13(12-15)18(23)22-10-8-14(20)9-11-22;/h1-7,12,14,21H,8-11,20H2;1H. The normalized spacial score (nSPS) is 15.1. The van der Waals surface area contributed by atoms with E-state index in [9.17, 15) is 17.6 Å². The van der Waals surface area contributed by atoms with Crippen LogP contribution in [0.25, 0.3) is 0 Å². The fraction of sp³-hybridized carbons (Fsp3) is 0.278. The Morgan fingerprint density at radius 2 is 1.78 bits per heavy atom. The maximum Gasteiger partial charge on any atom is 0.262 e. The molecule has 0 bridgehead atoms. The molecule has 0 atom stereocenters. The van der Waals surface area contributed by atoms with Gasteiger partial charge in [0.05, 0.1) is 10.6 Å². The van der Waals surface area contributed by atoms with Crippen molar-refractivity contribution in [1.29, 1.82) is 0 Å². The van der Waals surface area contributed by atoms with Crippen LogP contribution in [-0.4, -0.2) is 38.4 Å². The van der Waals surface area contributed by atoms with Crippen molar-refractivity contribution in [2.24, 2.45) is 5.73 Å². The number of hydrogen-bond donors (Lipinski definition) is 2. The van der Waals surface area contributed by atoms with Crippen LogP contribution < -0.4 is 10.5 Å². The molecule has 1 amide bonds. The van der Waals surface area contributed by atoms with Crippen LogP contribution >= 0.6 is 12.4 Å². The van der Waals surface area contributed by atoms with Crippen LogP contribution in [0.1, 0.15) is 23.2 Å². The lowest BCUT2D eigenvalue weighted by atomic mass is 10.0. The maximum atomic E-state index is 13.7. The Labute approximate surface area is 164 Å². The molecule has 9 heteroatoms. The van der Waals surface area contributed by atoms with Gasteiger partial charge >= 0.3 is 0 Å². The van der Waals surface area contributed by atoms with Gasteiger partial charge < -0.3 is 10.6 Å². The molecule has 0 aromatic heterocycles. The Kier molecular flexibility index (Phi) is 6.80. The summed E-state index contributed by atoms with van der Waals surface area (Å²) in [5, 5.41) is 0. The fourth-order valence-corrected chi connectivity index (χ4v) is 3.94. The zero-order chi connectivity index (χ0) is 18.7. The number of likely N-dealkylation sites (tertiary alicyclic amines) is 1. The number of benzene rings is 2. The molecule has 27 heavy (non-hydrogen) atoms. The summed E-state index contributed by atoms with van der Waals surface area (Å²) in [6, 6.07) is 11.3. The molecule has 1 aliphatic rings. The molecule has 1 saturated heterocycles. The van der Waals surface area contributed by atoms with Gasteiger partial charge in [-0.2, -0.15) is 0 Å². The van der Waals surface area contributed by atoms with E-state index in [1.54, 1.807) is 11.0 Å². The number of halogens is 2. The molecular weight excluding hydrogens is 393 g/mol. The number of anilines is 1. The second kappa shape index (κ2) is 8.69. The van der Waals surface area contributed by atoms with Crippen LogP contribution in [0.4, 0.5) is 10.1 Å². The molecule has 0 spiro atoms. The minimum Gasteiger partial charge on any atom is -0.339 e. The average Bonchev–Trinajstić information content (AvgIpc) is 2.64. The summed E-state index contributed by atoms with van der Waals surface area (Å²) in [5.74, 6) is -0.909. The zero-order valence-corrected chi connectivity index (χ0v) is 16.1. The van der Waals surface area contributed by atoms with Crippen molar-refractivity contribution in [3.05, 3.63) is 59.9 Å². The van der Waals surface area contributed by atoms with Gasteiger partial charge in [0.15, 0.2) is 0 Å². The number of nitrogens with one attached hydrogen (secondary N) is 1. The summed E-state index contributed by atoms with van der Waals surface area (Å²) in [6.45, 7) is 1.09. The van der Waals surface area contributed by atoms with Crippen LogP contribution in [0.5, 0.6) is 0 Å². The Bertz CT molecular complexity index is 916. The Balaban J connectivity index is 0.00000261. The van der Waals surface area contributed by atoms with E-state index < -0.39 is 15.8 Å². The van der Waals surface area contributed by atoms with Crippen molar-refractivity contribution in [2.45, 2.75) is 23.8 Å². The van der Waals surface area contributed by atoms with E-state index in [1.807, 2.05) is 0 Å². The second-order valence-corrected chi connectivity index (χ2v) is 7.93. The minimum atomic E-state index is -4.01. The van der Waals surface area contributed by atoms with Crippen molar-refractivity contribution in [1.82, 2.24) is 4.90 Å². The SMILES string of the molecule is Cl.NC1CCN(C(=O)c2cccc(S(=O)(=O)Nc3ccccc3F)c2)CC1. The monoisotopic (exact) mass is 413 g/mol. The third kappa shape index (κ3) is 4.97. The number of nitrogens with zero attached hydrogens (tertiary/aromatic N) is 1. The first-order chi connectivity index (χ1) is 12.4. The molecule has 1 aliphatic heterocycles. The molecular formula is C18H21ClFN3O3S. The Morgan fingerprint density at radius 3 is 2.44 bits per heavy atom. The Morgan fingerprint density at radius 1 is 1.11 bits per heavy atom. The van der Waals surface area contributed by atoms with Crippen LogP contribution in [0.3, 0.4) is 0 Å². The molecule has 0 aliphatic carbocycles. The molecule has 3 rings (SSSR count). The number of para-hydroxylation sites is 1. The lowest BCUT2D eigenvalue weighted by Crippen LogP contribution is -2.42. The topological polar surface area (TPSA) is 92.5 Å². The summed E-state index contributed by atoms with van der Waals surface area (Å²) in [7, 11) is -4.01. The van der Waals surface area contributed by atoms with E-state index in [-0.39, 0.29) is 40.5 Å². The molecule has 3 N–H and O–H groups in total. The number of rotatable bonds is 4. The third-order valence-electron chi connectivity index (χ3n) is 4.34. The predicted molar refractivity (Wildman–Crippen MR) is 104 cm³/mol. The van der Waals surface area contributed by atoms with Crippen LogP contribution in [0.2, 0.25) is 0 Å². The quantitative estimate of drug-likeness (QED) is 0.805. The lowest BCUT2D eigenvalue weighted by molar-refractivity contribution is 0.0714. The van der Waals surface area contributed by atoms with Crippen molar-refractivity contribution < 1.29 is 17.6 Å². The van der Waals surface area contributed by atoms with Gasteiger partial charge in [-0.05, 0) is 43.2 Å². The number of hydrogen-bond acceptors (Lipinski definition) is 4. The fourth-order valence-electron chi connectivity index (χ4n) is 2.83. The van der Waals surface area contributed by atoms with Crippen LogP contribution in [0.15, 0.2) is 53.4 Å². The highest BCUT2D eigenvalue weighted by Crippen LogP contribution is 2.21. The summed E-state index contributed by atoms with van der Waals surface area (Å²) in [6.07, 6.45) is 1.44. The molecule has 2 aromatic rings. The smallest absolute Gasteiger partial charge is 0.262 e. The highest BCUT2D eigenvalue weighted by Gasteiger charge is 2.23. The first-order valence-electron chi connectivity index (χ1n) is 8.29. The zero-order valence-electron chi connectivity index (χ0n) is 14.5. The largest absolute Gasteiger partial charge is 0.339 e. The summed E-state index contributed by atoms with van der Waals surface area (Å²) >= 11 is 0. The minimum absolute atomic E-state index is 0. The number of piperidine rings is 1. The van der Waals surface area contributed by atoms with Gasteiger partial charge in [0.1, 0.15) is 5.82 Å². The third-order valence-corrected chi connectivity index (χ3v) is 5.70. The second-order valence-electron chi connectivity index (χ2n) is 6.24. The summed E-state index contributed by atoms with van der Waals surface area (Å²) < 4.78 is 41.0. The van der Waals surface area contributed by atoms with E-state index in [2.05, 4.69) is 4.72 Å². The van der Waals surface area contributed by atoms with E-state index in [0.717, 1.165) is 12.8 Å². The number of nitrogens with two attached hydrogens (primary N) is 1. The van der Waals surface area contributed by atoms with Gasteiger partial charge in [-0.3, -0.25) is 9.52 Å². The van der Waals surface area contributed by atoms with Gasteiger partial charge in [-0.1, -0.05) is 18.2 Å². The Hall–Kier alpha value is -2.16. The molecule has 0 unspecified atom stereocenters. The number of sulfonamides is 1. The van der Waals surface area contributed by atoms with Gasteiger partial charge in [0.25, 0.3) is 15.9 Å². The molecule has 1 heterocycles. The van der Waals surface area contributed by atoms with Crippen molar-refractivity contribution in [3.8, 4) is 0 Å². The van der Waals surface area contributed by atoms with Crippen LogP contribution in [0, 0.1) is 5.82 Å². The maximum absolute atomic E-state index is 13.7. The summed E-state index contributed by atoms with van der Waals surface area (Å²) in [4.78, 5) is 14.2. The van der Waals surface area contributed by atoms with Crippen LogP contribution in [-0.2, 0) is 10.0 Å². The summed E-state index contributed by atoms with van der Waals surface area (Å²) in [5.41, 5.74) is 5.98. The first kappa shape index (κ1) is 21.1. The molecule has 2 aromatic carbocycles. The predicted octanol–water partition coefficient (Wildman–Crippen LogP) is 2.61. The molecule has 146 valence electrons. The molecule has 1 fully saturated rings. The van der Waals surface area contributed by atoms with E-state index >= 15 is 0 Å². The number of amides is 1. The molecule has 6 nitrogen and oxygen atoms in total. The number of carbonyl (C=O) groups is 1. The van der Waals surface area contributed by atoms with Gasteiger partial charge in [-0.25, -0.2) is 12.8 Å². The lowest BCUT2D eigenvalue weighted by Gasteiger charge is -2.30. The van der Waals surface area contributed by atoms with Gasteiger partial charge in [-0.15, -0.1) is 12.4 Å². The highest BCUT2D eigenvalue weighted by molar-refractivity contribution is 7.92. The number of carbonyl (C=O) groups excluding carboxylic acids is 1. The van der Waals surface area contributed by atoms with Gasteiger partial charge in [0, 0.05) is 24.7 Å². The van der Waals surface area contributed by atoms with Crippen molar-refractivity contribution in [3.63, 3.8) is 0 Å². The molecule has 0 saturated carbocycles. The van der Waals surface area contributed by atoms with E-state index in [0.29, 0.717) is 13.1 Å². The van der Waals surface area contributed by atoms with Crippen molar-refractivity contribution >= 4 is 34.0 Å². The average molecular weight is 414 g/mol. The highest BCUT2D eigenvalue weighted by atomic mass is 35.5. The molecule has 0 radical (unpaired) electrons. The van der Waals surface area contributed by atoms with Crippen molar-refractivity contribution in [2.75, 3.05) is 17.8 Å². The van der Waals surface area contributed by atoms with Gasteiger partial charge in [0.2, 0.25) is 0 Å².